The molecule has 0 bridgehead atoms. The Balaban J connectivity index is 1.75. The Morgan fingerprint density at radius 2 is 1.79 bits per heavy atom. The minimum Gasteiger partial charge on any atom is -0.352 e. The summed E-state index contributed by atoms with van der Waals surface area (Å²) >= 11 is 0. The van der Waals surface area contributed by atoms with Crippen LogP contribution < -0.4 is 0 Å². The molecule has 2 aliphatic heterocycles. The van der Waals surface area contributed by atoms with E-state index < -0.39 is 0 Å². The second kappa shape index (κ2) is 6.80. The van der Waals surface area contributed by atoms with Crippen LogP contribution in [0.1, 0.15) is 55.3 Å². The largest absolute Gasteiger partial charge is 0.352 e. The van der Waals surface area contributed by atoms with Crippen LogP contribution in [0.25, 0.3) is 0 Å². The maximum Gasteiger partial charge on any atom is 0.105 e. The zero-order valence-electron chi connectivity index (χ0n) is 14.5. The Hall–Kier alpha value is -2.09. The monoisotopic (exact) mass is 318 g/mol. The maximum atomic E-state index is 5.11. The average Bonchev–Trinajstić information content (AvgIpc) is 2.78. The second-order valence-corrected chi connectivity index (χ2v) is 6.98. The van der Waals surface area contributed by atoms with Gasteiger partial charge in [-0.2, -0.15) is 0 Å². The van der Waals surface area contributed by atoms with Gasteiger partial charge in [-0.15, -0.1) is 0 Å². The van der Waals surface area contributed by atoms with Crippen LogP contribution in [0.15, 0.2) is 53.5 Å². The SMILES string of the molecule is CCCCCC1=Nc2ccccc2CC2c3ccccc3CCN12. The molecule has 0 N–H and O–H groups in total. The predicted molar refractivity (Wildman–Crippen MR) is 101 cm³/mol. The molecule has 0 aliphatic carbocycles. The molecular weight excluding hydrogens is 292 g/mol. The first-order valence-corrected chi connectivity index (χ1v) is 9.36. The highest BCUT2D eigenvalue weighted by atomic mass is 15.2. The van der Waals surface area contributed by atoms with Gasteiger partial charge in [-0.25, -0.2) is 4.99 Å². The van der Waals surface area contributed by atoms with Crippen molar-refractivity contribution in [3.63, 3.8) is 0 Å². The first kappa shape index (κ1) is 15.4. The molecule has 0 radical (unpaired) electrons. The zero-order valence-corrected chi connectivity index (χ0v) is 14.5. The highest BCUT2D eigenvalue weighted by Gasteiger charge is 2.31. The van der Waals surface area contributed by atoms with Crippen LogP contribution in [-0.4, -0.2) is 17.3 Å². The van der Waals surface area contributed by atoms with Crippen LogP contribution in [0.5, 0.6) is 0 Å². The molecule has 1 unspecified atom stereocenters. The number of aliphatic imine (C=N–C) groups is 1. The van der Waals surface area contributed by atoms with Gasteiger partial charge in [0.15, 0.2) is 0 Å². The number of hydrogen-bond acceptors (Lipinski definition) is 2. The van der Waals surface area contributed by atoms with Gasteiger partial charge in [0.1, 0.15) is 5.84 Å². The van der Waals surface area contributed by atoms with Gasteiger partial charge in [0.05, 0.1) is 11.7 Å². The van der Waals surface area contributed by atoms with Crippen molar-refractivity contribution >= 4 is 11.5 Å². The number of amidine groups is 1. The van der Waals surface area contributed by atoms with Crippen molar-refractivity contribution in [3.8, 4) is 0 Å². The van der Waals surface area contributed by atoms with Crippen LogP contribution in [-0.2, 0) is 12.8 Å². The van der Waals surface area contributed by atoms with Crippen LogP contribution in [0.4, 0.5) is 5.69 Å². The average molecular weight is 318 g/mol. The topological polar surface area (TPSA) is 15.6 Å². The molecule has 0 amide bonds. The number of hydrogen-bond donors (Lipinski definition) is 0. The number of rotatable bonds is 4. The fourth-order valence-corrected chi connectivity index (χ4v) is 4.12. The van der Waals surface area contributed by atoms with E-state index in [1.165, 1.54) is 47.5 Å². The Labute approximate surface area is 145 Å². The molecule has 0 saturated carbocycles. The summed E-state index contributed by atoms with van der Waals surface area (Å²) in [5.74, 6) is 1.30. The summed E-state index contributed by atoms with van der Waals surface area (Å²) in [5.41, 5.74) is 5.58. The van der Waals surface area contributed by atoms with Gasteiger partial charge in [-0.3, -0.25) is 0 Å². The van der Waals surface area contributed by atoms with Crippen molar-refractivity contribution in [2.75, 3.05) is 6.54 Å². The number of nitrogens with zero attached hydrogens (tertiary/aromatic N) is 2. The van der Waals surface area contributed by atoms with Crippen molar-refractivity contribution in [2.45, 2.75) is 51.5 Å². The van der Waals surface area contributed by atoms with Crippen LogP contribution in [0.3, 0.4) is 0 Å². The van der Waals surface area contributed by atoms with Crippen molar-refractivity contribution in [3.05, 3.63) is 65.2 Å². The van der Waals surface area contributed by atoms with Crippen LogP contribution in [0, 0.1) is 0 Å². The second-order valence-electron chi connectivity index (χ2n) is 6.98. The number of unbranched alkanes of at least 4 members (excludes halogenated alkanes) is 2. The molecule has 24 heavy (non-hydrogen) atoms. The molecule has 0 fully saturated rings. The molecule has 2 heterocycles. The summed E-state index contributed by atoms with van der Waals surface area (Å²) in [6.07, 6.45) is 7.08. The van der Waals surface area contributed by atoms with Crippen LogP contribution in [0.2, 0.25) is 0 Å². The first-order chi connectivity index (χ1) is 11.9. The summed E-state index contributed by atoms with van der Waals surface area (Å²) in [5, 5.41) is 0. The number of para-hydroxylation sites is 1. The van der Waals surface area contributed by atoms with Crippen molar-refractivity contribution < 1.29 is 0 Å². The first-order valence-electron chi connectivity index (χ1n) is 9.36. The fourth-order valence-electron chi connectivity index (χ4n) is 4.12. The molecule has 0 saturated heterocycles. The fraction of sp³-hybridized carbons (Fsp3) is 0.409. The standard InChI is InChI=1S/C22H26N2/c1-2-3-4-13-22-23-20-12-8-6-10-18(20)16-21-19-11-7-5-9-17(19)14-15-24(21)22/h5-12,21H,2-4,13-16H2,1H3. The number of benzene rings is 2. The van der Waals surface area contributed by atoms with Crippen LogP contribution >= 0.6 is 0 Å². The minimum absolute atomic E-state index is 0.443. The summed E-state index contributed by atoms with van der Waals surface area (Å²) < 4.78 is 0. The highest BCUT2D eigenvalue weighted by Crippen LogP contribution is 2.38. The quantitative estimate of drug-likeness (QED) is 0.684. The van der Waals surface area contributed by atoms with Gasteiger partial charge in [-0.1, -0.05) is 62.2 Å². The molecule has 124 valence electrons. The maximum absolute atomic E-state index is 5.11. The Morgan fingerprint density at radius 1 is 1.00 bits per heavy atom. The van der Waals surface area contributed by atoms with E-state index in [1.807, 2.05) is 0 Å². The van der Waals surface area contributed by atoms with Crippen molar-refractivity contribution in [1.82, 2.24) is 4.90 Å². The Bertz CT molecular complexity index is 747. The van der Waals surface area contributed by atoms with Gasteiger partial charge >= 0.3 is 0 Å². The lowest BCUT2D eigenvalue weighted by molar-refractivity contribution is 0.293. The van der Waals surface area contributed by atoms with Crippen molar-refractivity contribution in [1.29, 1.82) is 0 Å². The zero-order chi connectivity index (χ0) is 16.4. The molecule has 2 aromatic carbocycles. The lowest BCUT2D eigenvalue weighted by Gasteiger charge is -2.38. The van der Waals surface area contributed by atoms with Gasteiger partial charge in [0, 0.05) is 13.0 Å². The van der Waals surface area contributed by atoms with Gasteiger partial charge in [0.25, 0.3) is 0 Å². The van der Waals surface area contributed by atoms with Crippen molar-refractivity contribution in [2.24, 2.45) is 4.99 Å². The minimum atomic E-state index is 0.443. The molecule has 1 atom stereocenters. The lowest BCUT2D eigenvalue weighted by Crippen LogP contribution is -2.40. The Morgan fingerprint density at radius 3 is 2.67 bits per heavy atom. The van der Waals surface area contributed by atoms with E-state index in [0.29, 0.717) is 6.04 Å². The van der Waals surface area contributed by atoms with E-state index in [9.17, 15) is 0 Å². The summed E-state index contributed by atoms with van der Waals surface area (Å²) in [6, 6.07) is 18.1. The highest BCUT2D eigenvalue weighted by molar-refractivity contribution is 5.87. The van der Waals surface area contributed by atoms with Gasteiger partial charge in [0.2, 0.25) is 0 Å². The summed E-state index contributed by atoms with van der Waals surface area (Å²) in [6.45, 7) is 3.37. The molecular formula is C22H26N2. The normalized spacial score (nSPS) is 19.0. The molecule has 4 rings (SSSR count). The molecule has 2 nitrogen and oxygen atoms in total. The van der Waals surface area contributed by atoms with E-state index in [1.54, 1.807) is 0 Å². The van der Waals surface area contributed by atoms with Gasteiger partial charge in [-0.05, 0) is 42.0 Å². The van der Waals surface area contributed by atoms with E-state index in [0.717, 1.165) is 25.8 Å². The number of fused-ring (bicyclic) bond motifs is 4. The molecule has 2 heteroatoms. The van der Waals surface area contributed by atoms with E-state index >= 15 is 0 Å². The molecule has 0 spiro atoms. The molecule has 0 aromatic heterocycles. The summed E-state index contributed by atoms with van der Waals surface area (Å²) in [7, 11) is 0. The smallest absolute Gasteiger partial charge is 0.105 e. The molecule has 2 aromatic rings. The van der Waals surface area contributed by atoms with Gasteiger partial charge < -0.3 is 4.90 Å². The Kier molecular flexibility index (Phi) is 4.38. The third kappa shape index (κ3) is 2.86. The van der Waals surface area contributed by atoms with E-state index in [4.69, 9.17) is 4.99 Å². The molecule has 2 aliphatic rings. The third-order valence-corrected chi connectivity index (χ3v) is 5.40. The third-order valence-electron chi connectivity index (χ3n) is 5.40. The van der Waals surface area contributed by atoms with E-state index in [-0.39, 0.29) is 0 Å². The van der Waals surface area contributed by atoms with E-state index in [2.05, 4.69) is 60.4 Å². The summed E-state index contributed by atoms with van der Waals surface area (Å²) in [4.78, 5) is 7.71. The predicted octanol–water partition coefficient (Wildman–Crippen LogP) is 5.45. The lowest BCUT2D eigenvalue weighted by atomic mass is 9.88.